The summed E-state index contributed by atoms with van der Waals surface area (Å²) in [4.78, 5) is 17.7. The molecule has 0 aliphatic carbocycles. The summed E-state index contributed by atoms with van der Waals surface area (Å²) in [5.74, 6) is -0.0388. The molecule has 33 heavy (non-hydrogen) atoms. The lowest BCUT2D eigenvalue weighted by atomic mass is 9.89. The van der Waals surface area contributed by atoms with Gasteiger partial charge in [-0.05, 0) is 46.2 Å². The van der Waals surface area contributed by atoms with Crippen molar-refractivity contribution in [1.82, 2.24) is 0 Å². The molecule has 0 spiro atoms. The molecule has 0 radical (unpaired) electrons. The number of aryl methyl sites for hydroxylation is 1. The zero-order chi connectivity index (χ0) is 24.5. The molecule has 10 heteroatoms. The Morgan fingerprint density at radius 3 is 2.58 bits per heavy atom. The molecule has 0 unspecified atom stereocenters. The highest BCUT2D eigenvalue weighted by atomic mass is 16.7. The Hall–Kier alpha value is -2.66. The van der Waals surface area contributed by atoms with Crippen molar-refractivity contribution in [1.29, 1.82) is 0 Å². The maximum atomic E-state index is 12.6. The number of benzene rings is 1. The van der Waals surface area contributed by atoms with E-state index in [1.165, 1.54) is 13.2 Å². The fourth-order valence-electron chi connectivity index (χ4n) is 3.92. The molecule has 1 fully saturated rings. The number of methoxy groups -OCH3 is 1. The second-order valence-electron chi connectivity index (χ2n) is 8.53. The summed E-state index contributed by atoms with van der Waals surface area (Å²) < 4.78 is 22.5. The van der Waals surface area contributed by atoms with Gasteiger partial charge in [-0.15, -0.1) is 0 Å². The average Bonchev–Trinajstić information content (AvgIpc) is 2.74. The summed E-state index contributed by atoms with van der Waals surface area (Å²) in [7, 11) is 1.42. The first-order valence-corrected chi connectivity index (χ1v) is 10.7. The van der Waals surface area contributed by atoms with Crippen LogP contribution in [0.5, 0.6) is 11.5 Å². The summed E-state index contributed by atoms with van der Waals surface area (Å²) >= 11 is 0. The summed E-state index contributed by atoms with van der Waals surface area (Å²) in [5, 5.41) is 35.8. The quantitative estimate of drug-likeness (QED) is 0.243. The summed E-state index contributed by atoms with van der Waals surface area (Å²) in [6, 6.07) is 3.08. The van der Waals surface area contributed by atoms with E-state index in [1.54, 1.807) is 33.8 Å². The lowest BCUT2D eigenvalue weighted by molar-refractivity contribution is -0.306. The number of hydrogen-bond donors (Lipinski definition) is 3. The molecule has 3 rings (SSSR count). The average molecular weight is 465 g/mol. The molecule has 2 heterocycles. The standard InChI is InChI=1S/C23H31NO9/c1-7-10-30-24-12(3)15-16(25)13-8-9-14(11(2)19(13)32-21(15)28)31-22-18(27)17(26)20(29-6)23(4,5)33-22/h8-9,17-18,20,22,25-27H,7,10H2,1-6H3/b24-12+/t17-,18+,20+,22+/m0/s1. The van der Waals surface area contributed by atoms with Crippen molar-refractivity contribution >= 4 is 16.7 Å². The predicted molar refractivity (Wildman–Crippen MR) is 120 cm³/mol. The van der Waals surface area contributed by atoms with Gasteiger partial charge in [0.05, 0.1) is 16.7 Å². The molecule has 1 aliphatic rings. The molecular formula is C23H31NO9. The molecule has 0 amide bonds. The van der Waals surface area contributed by atoms with E-state index in [-0.39, 0.29) is 33.7 Å². The number of aliphatic hydroxyl groups is 2. The predicted octanol–water partition coefficient (Wildman–Crippen LogP) is 2.21. The van der Waals surface area contributed by atoms with Gasteiger partial charge in [0.25, 0.3) is 0 Å². The molecule has 0 saturated carbocycles. The van der Waals surface area contributed by atoms with Gasteiger partial charge in [-0.2, -0.15) is 0 Å². The van der Waals surface area contributed by atoms with E-state index in [0.29, 0.717) is 12.2 Å². The first-order chi connectivity index (χ1) is 15.5. The van der Waals surface area contributed by atoms with Crippen molar-refractivity contribution in [3.8, 4) is 11.5 Å². The molecule has 1 aromatic heterocycles. The highest BCUT2D eigenvalue weighted by Crippen LogP contribution is 2.37. The van der Waals surface area contributed by atoms with Crippen molar-refractivity contribution in [3.05, 3.63) is 33.7 Å². The van der Waals surface area contributed by atoms with Gasteiger partial charge in [0, 0.05) is 12.7 Å². The van der Waals surface area contributed by atoms with Crippen LogP contribution >= 0.6 is 0 Å². The zero-order valence-electron chi connectivity index (χ0n) is 19.6. The van der Waals surface area contributed by atoms with Crippen LogP contribution in [0.2, 0.25) is 0 Å². The number of aromatic hydroxyl groups is 1. The summed E-state index contributed by atoms with van der Waals surface area (Å²) in [6.45, 7) is 8.91. The van der Waals surface area contributed by atoms with Crippen LogP contribution in [0.4, 0.5) is 0 Å². The Balaban J connectivity index is 1.97. The third-order valence-electron chi connectivity index (χ3n) is 5.65. The maximum absolute atomic E-state index is 12.6. The van der Waals surface area contributed by atoms with Crippen LogP contribution < -0.4 is 10.4 Å². The van der Waals surface area contributed by atoms with Gasteiger partial charge in [0.15, 0.2) is 0 Å². The smallest absolute Gasteiger partial charge is 0.349 e. The van der Waals surface area contributed by atoms with E-state index in [4.69, 9.17) is 23.5 Å². The Morgan fingerprint density at radius 1 is 1.24 bits per heavy atom. The summed E-state index contributed by atoms with van der Waals surface area (Å²) in [6.07, 6.45) is -3.85. The van der Waals surface area contributed by atoms with Crippen LogP contribution in [0, 0.1) is 6.92 Å². The van der Waals surface area contributed by atoms with Crippen molar-refractivity contribution in [2.45, 2.75) is 71.2 Å². The molecule has 3 N–H and O–H groups in total. The van der Waals surface area contributed by atoms with Gasteiger partial charge < -0.3 is 38.8 Å². The van der Waals surface area contributed by atoms with Crippen molar-refractivity contribution in [2.75, 3.05) is 13.7 Å². The molecule has 2 aromatic rings. The van der Waals surface area contributed by atoms with Crippen LogP contribution in [0.15, 0.2) is 26.5 Å². The van der Waals surface area contributed by atoms with Crippen molar-refractivity contribution < 1.29 is 38.8 Å². The van der Waals surface area contributed by atoms with Crippen LogP contribution in [0.3, 0.4) is 0 Å². The van der Waals surface area contributed by atoms with Crippen LogP contribution in [-0.4, -0.2) is 65.0 Å². The largest absolute Gasteiger partial charge is 0.506 e. The van der Waals surface area contributed by atoms with Gasteiger partial charge in [-0.3, -0.25) is 0 Å². The molecule has 4 atom stereocenters. The van der Waals surface area contributed by atoms with Gasteiger partial charge in [-0.25, -0.2) is 4.79 Å². The van der Waals surface area contributed by atoms with E-state index in [1.807, 2.05) is 6.92 Å². The van der Waals surface area contributed by atoms with Crippen LogP contribution in [0.1, 0.15) is 45.2 Å². The minimum Gasteiger partial charge on any atom is -0.506 e. The van der Waals surface area contributed by atoms with E-state index in [0.717, 1.165) is 6.42 Å². The second kappa shape index (κ2) is 9.68. The number of fused-ring (bicyclic) bond motifs is 1. The Kier molecular flexibility index (Phi) is 7.32. The molecule has 1 saturated heterocycles. The lowest BCUT2D eigenvalue weighted by Gasteiger charge is -2.46. The molecule has 1 aromatic carbocycles. The minimum atomic E-state index is -1.39. The second-order valence-corrected chi connectivity index (χ2v) is 8.53. The monoisotopic (exact) mass is 465 g/mol. The third-order valence-corrected chi connectivity index (χ3v) is 5.65. The van der Waals surface area contributed by atoms with Crippen molar-refractivity contribution in [3.63, 3.8) is 0 Å². The maximum Gasteiger partial charge on any atom is 0.349 e. The van der Waals surface area contributed by atoms with E-state index in [2.05, 4.69) is 5.16 Å². The number of rotatable bonds is 7. The normalized spacial score (nSPS) is 25.3. The number of nitrogens with zero attached hydrogens (tertiary/aromatic N) is 1. The third kappa shape index (κ3) is 4.70. The number of hydrogen-bond acceptors (Lipinski definition) is 10. The van der Waals surface area contributed by atoms with Gasteiger partial charge in [0.2, 0.25) is 6.29 Å². The van der Waals surface area contributed by atoms with E-state index >= 15 is 0 Å². The highest BCUT2D eigenvalue weighted by molar-refractivity contribution is 6.04. The van der Waals surface area contributed by atoms with Gasteiger partial charge in [0.1, 0.15) is 47.6 Å². The highest BCUT2D eigenvalue weighted by Gasteiger charge is 2.50. The molecule has 10 nitrogen and oxygen atoms in total. The fourth-order valence-corrected chi connectivity index (χ4v) is 3.92. The van der Waals surface area contributed by atoms with Gasteiger partial charge >= 0.3 is 5.63 Å². The topological polar surface area (TPSA) is 140 Å². The van der Waals surface area contributed by atoms with E-state index in [9.17, 15) is 20.1 Å². The van der Waals surface area contributed by atoms with Gasteiger partial charge in [-0.1, -0.05) is 12.1 Å². The summed E-state index contributed by atoms with van der Waals surface area (Å²) in [5.41, 5.74) is -1.11. The molecular weight excluding hydrogens is 434 g/mol. The van der Waals surface area contributed by atoms with E-state index < -0.39 is 35.8 Å². The zero-order valence-corrected chi connectivity index (χ0v) is 19.6. The van der Waals surface area contributed by atoms with Crippen LogP contribution in [-0.2, 0) is 14.3 Å². The first-order valence-electron chi connectivity index (χ1n) is 10.7. The number of aliphatic hydroxyl groups excluding tert-OH is 2. The van der Waals surface area contributed by atoms with Crippen molar-refractivity contribution in [2.24, 2.45) is 5.16 Å². The minimum absolute atomic E-state index is 0.0896. The fraction of sp³-hybridized carbons (Fsp3) is 0.565. The number of oxime groups is 1. The Bertz CT molecular complexity index is 1090. The lowest BCUT2D eigenvalue weighted by Crippen LogP contribution is -2.63. The number of ether oxygens (including phenoxy) is 3. The van der Waals surface area contributed by atoms with Crippen LogP contribution in [0.25, 0.3) is 11.0 Å². The molecule has 182 valence electrons. The molecule has 1 aliphatic heterocycles. The SMILES string of the molecule is CCCO/N=C(\C)c1c(O)c2ccc(O[C@@H]3OC(C)(C)[C@H](OC)[C@@H](O)[C@H]3O)c(C)c2oc1=O. The first kappa shape index (κ1) is 25.0. The Labute approximate surface area is 191 Å². The molecule has 0 bridgehead atoms. The Morgan fingerprint density at radius 2 is 1.94 bits per heavy atom.